The maximum absolute atomic E-state index is 10.0. The van der Waals surface area contributed by atoms with Gasteiger partial charge in [0.2, 0.25) is 0 Å². The number of nitrogens with zero attached hydrogens (tertiary/aromatic N) is 2. The van der Waals surface area contributed by atoms with Crippen LogP contribution < -0.4 is 0 Å². The molecule has 0 aliphatic rings. The van der Waals surface area contributed by atoms with Crippen molar-refractivity contribution >= 4 is 5.69 Å². The molecule has 1 aromatic heterocycles. The molecule has 0 spiro atoms. The van der Waals surface area contributed by atoms with Crippen LogP contribution in [0.3, 0.4) is 0 Å². The largest absolute Gasteiger partial charge is 0.448 e. The molecule has 0 aliphatic heterocycles. The number of hydrogen-bond donors (Lipinski definition) is 0. The van der Waals surface area contributed by atoms with Crippen LogP contribution >= 0.6 is 0 Å². The smallest absolute Gasteiger partial charge is 0.325 e. The summed E-state index contributed by atoms with van der Waals surface area (Å²) in [5, 5.41) is 18.2. The fourth-order valence-electron chi connectivity index (χ4n) is 0.530. The predicted octanol–water partition coefficient (Wildman–Crippen LogP) is 1.06. The zero-order chi connectivity index (χ0) is 7.56. The number of nitriles is 1. The van der Waals surface area contributed by atoms with Crippen LogP contribution in [0.5, 0.6) is 0 Å². The molecule has 0 aromatic carbocycles. The molecule has 0 atom stereocenters. The third-order valence-electron chi connectivity index (χ3n) is 0.943. The molecule has 5 heteroatoms. The summed E-state index contributed by atoms with van der Waals surface area (Å²) in [6.45, 7) is 0. The SMILES string of the molecule is N#Cc1occc1[N+](=O)[O-]. The number of rotatable bonds is 1. The van der Waals surface area contributed by atoms with Gasteiger partial charge in [-0.1, -0.05) is 0 Å². The number of hydrogen-bond acceptors (Lipinski definition) is 4. The molecule has 0 bridgehead atoms. The predicted molar refractivity (Wildman–Crippen MR) is 30.1 cm³/mol. The van der Waals surface area contributed by atoms with Crippen molar-refractivity contribution < 1.29 is 9.34 Å². The number of nitro groups is 1. The number of furan rings is 1. The van der Waals surface area contributed by atoms with Crippen LogP contribution in [0.2, 0.25) is 0 Å². The van der Waals surface area contributed by atoms with E-state index in [1.807, 2.05) is 0 Å². The molecule has 10 heavy (non-hydrogen) atoms. The van der Waals surface area contributed by atoms with Gasteiger partial charge < -0.3 is 4.42 Å². The van der Waals surface area contributed by atoms with E-state index in [0.29, 0.717) is 0 Å². The molecule has 1 rings (SSSR count). The Balaban J connectivity index is 3.17. The lowest BCUT2D eigenvalue weighted by molar-refractivity contribution is -0.385. The summed E-state index contributed by atoms with van der Waals surface area (Å²) < 4.78 is 4.47. The molecule has 5 nitrogen and oxygen atoms in total. The Bertz CT molecular complexity index is 296. The fraction of sp³-hybridized carbons (Fsp3) is 0. The van der Waals surface area contributed by atoms with Crippen LogP contribution in [0.15, 0.2) is 16.7 Å². The van der Waals surface area contributed by atoms with Gasteiger partial charge >= 0.3 is 5.69 Å². The maximum Gasteiger partial charge on any atom is 0.325 e. The van der Waals surface area contributed by atoms with E-state index >= 15 is 0 Å². The first-order valence-electron chi connectivity index (χ1n) is 2.37. The van der Waals surface area contributed by atoms with Crippen molar-refractivity contribution in [2.45, 2.75) is 0 Å². The average molecular weight is 138 g/mol. The van der Waals surface area contributed by atoms with Gasteiger partial charge in [-0.05, 0) is 0 Å². The van der Waals surface area contributed by atoms with E-state index in [-0.39, 0.29) is 11.4 Å². The third-order valence-corrected chi connectivity index (χ3v) is 0.943. The summed E-state index contributed by atoms with van der Waals surface area (Å²) in [5.41, 5.74) is -0.289. The topological polar surface area (TPSA) is 80.1 Å². The molecular weight excluding hydrogens is 136 g/mol. The average Bonchev–Trinajstić information content (AvgIpc) is 2.33. The van der Waals surface area contributed by atoms with E-state index in [4.69, 9.17) is 5.26 Å². The van der Waals surface area contributed by atoms with Crippen molar-refractivity contribution in [1.82, 2.24) is 0 Å². The van der Waals surface area contributed by atoms with Gasteiger partial charge in [-0.25, -0.2) is 0 Å². The van der Waals surface area contributed by atoms with Crippen molar-refractivity contribution in [3.63, 3.8) is 0 Å². The summed E-state index contributed by atoms with van der Waals surface area (Å²) in [6, 6.07) is 2.69. The zero-order valence-corrected chi connectivity index (χ0v) is 4.77. The highest BCUT2D eigenvalue weighted by molar-refractivity contribution is 5.40. The second-order valence-electron chi connectivity index (χ2n) is 1.50. The molecule has 0 saturated carbocycles. The van der Waals surface area contributed by atoms with Crippen molar-refractivity contribution in [2.75, 3.05) is 0 Å². The van der Waals surface area contributed by atoms with Gasteiger partial charge in [-0.15, -0.1) is 0 Å². The minimum Gasteiger partial charge on any atom is -0.448 e. The second-order valence-corrected chi connectivity index (χ2v) is 1.50. The maximum atomic E-state index is 10.0. The van der Waals surface area contributed by atoms with Crippen LogP contribution in [-0.4, -0.2) is 4.92 Å². The Hall–Kier alpha value is -1.83. The van der Waals surface area contributed by atoms with E-state index in [9.17, 15) is 10.1 Å². The minimum absolute atomic E-state index is 0.259. The lowest BCUT2D eigenvalue weighted by Gasteiger charge is -1.80. The van der Waals surface area contributed by atoms with Crippen LogP contribution in [0.1, 0.15) is 5.76 Å². The highest BCUT2D eigenvalue weighted by atomic mass is 16.6. The van der Waals surface area contributed by atoms with Crippen LogP contribution in [0, 0.1) is 21.4 Å². The van der Waals surface area contributed by atoms with E-state index in [1.165, 1.54) is 0 Å². The molecular formula is C5H2N2O3. The van der Waals surface area contributed by atoms with Crippen molar-refractivity contribution in [3.05, 3.63) is 28.2 Å². The van der Waals surface area contributed by atoms with Gasteiger partial charge in [-0.3, -0.25) is 10.1 Å². The molecule has 0 aliphatic carbocycles. The standard InChI is InChI=1S/C5H2N2O3/c6-3-5-4(7(8)9)1-2-10-5/h1-2H. The van der Waals surface area contributed by atoms with Gasteiger partial charge in [0.25, 0.3) is 5.76 Å². The first kappa shape index (κ1) is 6.29. The first-order chi connectivity index (χ1) is 4.75. The van der Waals surface area contributed by atoms with E-state index < -0.39 is 4.92 Å². The molecule has 0 radical (unpaired) electrons. The summed E-state index contributed by atoms with van der Waals surface area (Å²) >= 11 is 0. The highest BCUT2D eigenvalue weighted by Crippen LogP contribution is 2.17. The van der Waals surface area contributed by atoms with Crippen LogP contribution in [-0.2, 0) is 0 Å². The van der Waals surface area contributed by atoms with Gasteiger partial charge in [0.05, 0.1) is 17.3 Å². The Morgan fingerprint density at radius 3 is 2.90 bits per heavy atom. The Kier molecular flexibility index (Phi) is 1.38. The zero-order valence-electron chi connectivity index (χ0n) is 4.77. The van der Waals surface area contributed by atoms with Gasteiger partial charge in [0, 0.05) is 0 Å². The Morgan fingerprint density at radius 1 is 1.80 bits per heavy atom. The fourth-order valence-corrected chi connectivity index (χ4v) is 0.530. The van der Waals surface area contributed by atoms with Crippen molar-refractivity contribution in [1.29, 1.82) is 5.26 Å². The quantitative estimate of drug-likeness (QED) is 0.429. The minimum atomic E-state index is -0.665. The molecule has 0 N–H and O–H groups in total. The summed E-state index contributed by atoms with van der Waals surface area (Å²) in [6.07, 6.45) is 1.11. The van der Waals surface area contributed by atoms with Gasteiger partial charge in [-0.2, -0.15) is 5.26 Å². The van der Waals surface area contributed by atoms with E-state index in [0.717, 1.165) is 12.3 Å². The normalized spacial score (nSPS) is 8.70. The third kappa shape index (κ3) is 0.821. The highest BCUT2D eigenvalue weighted by Gasteiger charge is 2.15. The lowest BCUT2D eigenvalue weighted by Crippen LogP contribution is -1.86. The molecule has 0 amide bonds. The summed E-state index contributed by atoms with van der Waals surface area (Å²) in [7, 11) is 0. The monoisotopic (exact) mass is 138 g/mol. The van der Waals surface area contributed by atoms with Gasteiger partial charge in [0.1, 0.15) is 6.07 Å². The van der Waals surface area contributed by atoms with Crippen LogP contribution in [0.25, 0.3) is 0 Å². The second kappa shape index (κ2) is 2.19. The first-order valence-corrected chi connectivity index (χ1v) is 2.37. The van der Waals surface area contributed by atoms with Gasteiger partial charge in [0.15, 0.2) is 0 Å². The Morgan fingerprint density at radius 2 is 2.50 bits per heavy atom. The summed E-state index contributed by atoms with van der Waals surface area (Å²) in [5.74, 6) is -0.259. The molecule has 0 unspecified atom stereocenters. The van der Waals surface area contributed by atoms with E-state index in [1.54, 1.807) is 6.07 Å². The van der Waals surface area contributed by atoms with Crippen LogP contribution in [0.4, 0.5) is 5.69 Å². The lowest BCUT2D eigenvalue weighted by atomic mass is 10.4. The summed E-state index contributed by atoms with van der Waals surface area (Å²) in [4.78, 5) is 9.37. The van der Waals surface area contributed by atoms with Crippen molar-refractivity contribution in [3.8, 4) is 6.07 Å². The molecule has 1 aromatic rings. The Labute approximate surface area is 55.6 Å². The molecule has 50 valence electrons. The molecule has 0 fully saturated rings. The van der Waals surface area contributed by atoms with Crippen molar-refractivity contribution in [2.24, 2.45) is 0 Å². The molecule has 1 heterocycles. The van der Waals surface area contributed by atoms with E-state index in [2.05, 4.69) is 4.42 Å². The molecule has 0 saturated heterocycles.